The summed E-state index contributed by atoms with van der Waals surface area (Å²) in [7, 11) is 0. The van der Waals surface area contributed by atoms with Crippen LogP contribution in [0, 0.1) is 6.92 Å². The number of halogens is 2. The van der Waals surface area contributed by atoms with Crippen LogP contribution in [0.3, 0.4) is 0 Å². The lowest BCUT2D eigenvalue weighted by atomic mass is 10.0. The van der Waals surface area contributed by atoms with Crippen molar-refractivity contribution in [1.82, 2.24) is 0 Å². The van der Waals surface area contributed by atoms with E-state index in [2.05, 4.69) is 0 Å². The van der Waals surface area contributed by atoms with Crippen LogP contribution in [-0.4, -0.2) is 5.11 Å². The Labute approximate surface area is 104 Å². The second kappa shape index (κ2) is 4.36. The van der Waals surface area contributed by atoms with Crippen molar-refractivity contribution in [2.75, 3.05) is 0 Å². The lowest BCUT2D eigenvalue weighted by molar-refractivity contribution is 0.475. The molecule has 1 nitrogen and oxygen atoms in total. The second-order valence-corrected chi connectivity index (χ2v) is 4.53. The summed E-state index contributed by atoms with van der Waals surface area (Å²) in [4.78, 5) is 0. The molecule has 0 aliphatic rings. The molecule has 0 spiro atoms. The molecule has 2 rings (SSSR count). The summed E-state index contributed by atoms with van der Waals surface area (Å²) >= 11 is 11.9. The number of hydrogen-bond acceptors (Lipinski definition) is 1. The van der Waals surface area contributed by atoms with E-state index in [0.29, 0.717) is 10.0 Å². The Morgan fingerprint density at radius 1 is 1.00 bits per heavy atom. The molecule has 0 fully saturated rings. The van der Waals surface area contributed by atoms with E-state index >= 15 is 0 Å². The van der Waals surface area contributed by atoms with Crippen molar-refractivity contribution in [2.24, 2.45) is 0 Å². The normalized spacial score (nSPS) is 10.4. The average molecular weight is 253 g/mol. The Morgan fingerprint density at radius 2 is 1.75 bits per heavy atom. The van der Waals surface area contributed by atoms with Crippen LogP contribution >= 0.6 is 23.2 Å². The topological polar surface area (TPSA) is 20.2 Å². The first-order chi connectivity index (χ1) is 7.56. The maximum absolute atomic E-state index is 9.53. The van der Waals surface area contributed by atoms with E-state index in [1.165, 1.54) is 0 Å². The molecule has 0 aliphatic carbocycles. The first-order valence-corrected chi connectivity index (χ1v) is 5.58. The van der Waals surface area contributed by atoms with Crippen molar-refractivity contribution in [2.45, 2.75) is 6.92 Å². The highest BCUT2D eigenvalue weighted by Gasteiger charge is 2.05. The highest BCUT2D eigenvalue weighted by molar-refractivity contribution is 6.36. The number of rotatable bonds is 1. The summed E-state index contributed by atoms with van der Waals surface area (Å²) < 4.78 is 0. The fourth-order valence-electron chi connectivity index (χ4n) is 1.64. The average Bonchev–Trinajstić information content (AvgIpc) is 2.15. The Bertz CT molecular complexity index is 515. The van der Waals surface area contributed by atoms with Gasteiger partial charge in [-0.2, -0.15) is 0 Å². The third-order valence-electron chi connectivity index (χ3n) is 2.30. The molecule has 1 N–H and O–H groups in total. The predicted octanol–water partition coefficient (Wildman–Crippen LogP) is 4.67. The molecule has 0 saturated carbocycles. The Morgan fingerprint density at radius 3 is 2.38 bits per heavy atom. The van der Waals surface area contributed by atoms with Gasteiger partial charge >= 0.3 is 0 Å². The van der Waals surface area contributed by atoms with Crippen molar-refractivity contribution in [3.63, 3.8) is 0 Å². The van der Waals surface area contributed by atoms with E-state index < -0.39 is 0 Å². The van der Waals surface area contributed by atoms with Crippen LogP contribution in [0.1, 0.15) is 5.56 Å². The van der Waals surface area contributed by atoms with Gasteiger partial charge in [-0.05, 0) is 42.3 Å². The van der Waals surface area contributed by atoms with Gasteiger partial charge in [0.05, 0.1) is 0 Å². The maximum Gasteiger partial charge on any atom is 0.116 e. The Hall–Kier alpha value is -1.18. The SMILES string of the molecule is Cc1cc(O)cc(-c2ccc(Cl)cc2Cl)c1. The number of phenolic OH excluding ortho intramolecular Hbond substituents is 1. The predicted molar refractivity (Wildman–Crippen MR) is 68.3 cm³/mol. The summed E-state index contributed by atoms with van der Waals surface area (Å²) in [6.07, 6.45) is 0. The fraction of sp³-hybridized carbons (Fsp3) is 0.0769. The lowest BCUT2D eigenvalue weighted by Crippen LogP contribution is -1.82. The zero-order valence-electron chi connectivity index (χ0n) is 8.67. The summed E-state index contributed by atoms with van der Waals surface area (Å²) in [6, 6.07) is 10.7. The van der Waals surface area contributed by atoms with Gasteiger partial charge in [0.2, 0.25) is 0 Å². The third kappa shape index (κ3) is 2.31. The molecule has 0 radical (unpaired) electrons. The van der Waals surface area contributed by atoms with Crippen molar-refractivity contribution in [3.8, 4) is 16.9 Å². The van der Waals surface area contributed by atoms with E-state index in [4.69, 9.17) is 23.2 Å². The molecular formula is C13H10Cl2O. The Balaban J connectivity index is 2.58. The van der Waals surface area contributed by atoms with Crippen LogP contribution in [0.5, 0.6) is 5.75 Å². The van der Waals surface area contributed by atoms with Gasteiger partial charge < -0.3 is 5.11 Å². The van der Waals surface area contributed by atoms with E-state index in [1.54, 1.807) is 24.3 Å². The van der Waals surface area contributed by atoms with Gasteiger partial charge in [0, 0.05) is 15.6 Å². The second-order valence-electron chi connectivity index (χ2n) is 3.68. The van der Waals surface area contributed by atoms with E-state index in [1.807, 2.05) is 19.1 Å². The van der Waals surface area contributed by atoms with Crippen LogP contribution in [0.4, 0.5) is 0 Å². The molecule has 0 atom stereocenters. The van der Waals surface area contributed by atoms with Crippen LogP contribution in [0.25, 0.3) is 11.1 Å². The van der Waals surface area contributed by atoms with Crippen molar-refractivity contribution >= 4 is 23.2 Å². The third-order valence-corrected chi connectivity index (χ3v) is 2.85. The monoisotopic (exact) mass is 252 g/mol. The first-order valence-electron chi connectivity index (χ1n) is 4.82. The minimum absolute atomic E-state index is 0.237. The van der Waals surface area contributed by atoms with Gasteiger partial charge in [-0.25, -0.2) is 0 Å². The highest BCUT2D eigenvalue weighted by Crippen LogP contribution is 2.32. The quantitative estimate of drug-likeness (QED) is 0.782. The number of benzene rings is 2. The molecule has 16 heavy (non-hydrogen) atoms. The highest BCUT2D eigenvalue weighted by atomic mass is 35.5. The summed E-state index contributed by atoms with van der Waals surface area (Å²) in [5.74, 6) is 0.237. The maximum atomic E-state index is 9.53. The van der Waals surface area contributed by atoms with Gasteiger partial charge in [0.1, 0.15) is 5.75 Å². The molecule has 2 aromatic rings. The van der Waals surface area contributed by atoms with E-state index in [-0.39, 0.29) is 5.75 Å². The minimum Gasteiger partial charge on any atom is -0.508 e. The Kier molecular flexibility index (Phi) is 3.08. The molecular weight excluding hydrogens is 243 g/mol. The number of phenols is 1. The molecule has 3 heteroatoms. The molecule has 82 valence electrons. The molecule has 0 aliphatic heterocycles. The van der Waals surface area contributed by atoms with Crippen LogP contribution in [0.15, 0.2) is 36.4 Å². The largest absolute Gasteiger partial charge is 0.508 e. The fourth-order valence-corrected chi connectivity index (χ4v) is 2.16. The summed E-state index contributed by atoms with van der Waals surface area (Å²) in [6.45, 7) is 1.92. The summed E-state index contributed by atoms with van der Waals surface area (Å²) in [5, 5.41) is 10.7. The van der Waals surface area contributed by atoms with Gasteiger partial charge in [0.15, 0.2) is 0 Å². The zero-order chi connectivity index (χ0) is 11.7. The molecule has 0 heterocycles. The smallest absolute Gasteiger partial charge is 0.116 e. The lowest BCUT2D eigenvalue weighted by Gasteiger charge is -2.07. The molecule has 0 saturated heterocycles. The van der Waals surface area contributed by atoms with Crippen molar-refractivity contribution in [1.29, 1.82) is 0 Å². The molecule has 0 aromatic heterocycles. The van der Waals surface area contributed by atoms with E-state index in [9.17, 15) is 5.11 Å². The van der Waals surface area contributed by atoms with Gasteiger partial charge in [-0.1, -0.05) is 35.3 Å². The van der Waals surface area contributed by atoms with Gasteiger partial charge in [-0.15, -0.1) is 0 Å². The molecule has 2 aromatic carbocycles. The van der Waals surface area contributed by atoms with Gasteiger partial charge in [-0.3, -0.25) is 0 Å². The molecule has 0 unspecified atom stereocenters. The van der Waals surface area contributed by atoms with Crippen LogP contribution < -0.4 is 0 Å². The number of aromatic hydroxyl groups is 1. The molecule has 0 bridgehead atoms. The standard InChI is InChI=1S/C13H10Cl2O/c1-8-4-9(6-11(16)5-8)12-3-2-10(14)7-13(12)15/h2-7,16H,1H3. The van der Waals surface area contributed by atoms with Crippen molar-refractivity contribution in [3.05, 3.63) is 52.0 Å². The minimum atomic E-state index is 0.237. The van der Waals surface area contributed by atoms with Crippen LogP contribution in [-0.2, 0) is 0 Å². The zero-order valence-corrected chi connectivity index (χ0v) is 10.2. The number of aryl methyl sites for hydroxylation is 1. The van der Waals surface area contributed by atoms with Crippen LogP contribution in [0.2, 0.25) is 10.0 Å². The van der Waals surface area contributed by atoms with Crippen molar-refractivity contribution < 1.29 is 5.11 Å². The number of hydrogen-bond donors (Lipinski definition) is 1. The molecule has 0 amide bonds. The first kappa shape index (κ1) is 11.3. The summed E-state index contributed by atoms with van der Waals surface area (Å²) in [5.41, 5.74) is 2.74. The van der Waals surface area contributed by atoms with Gasteiger partial charge in [0.25, 0.3) is 0 Å². The van der Waals surface area contributed by atoms with E-state index in [0.717, 1.165) is 16.7 Å².